The summed E-state index contributed by atoms with van der Waals surface area (Å²) in [7, 11) is 0. The van der Waals surface area contributed by atoms with Gasteiger partial charge in [0.1, 0.15) is 12.8 Å². The van der Waals surface area contributed by atoms with Gasteiger partial charge in [-0.1, -0.05) is 30.3 Å². The maximum atomic E-state index is 13.2. The summed E-state index contributed by atoms with van der Waals surface area (Å²) in [6, 6.07) is 6.61. The SMILES string of the molecule is O=C(OCc1ccccc1)N1CCC(C(F)(F)F)n2ncc([N+](=O)[O-])c21. The molecule has 8 nitrogen and oxygen atoms in total. The van der Waals surface area contributed by atoms with Crippen LogP contribution in [0.5, 0.6) is 0 Å². The molecule has 1 atom stereocenters. The van der Waals surface area contributed by atoms with Gasteiger partial charge in [0.25, 0.3) is 0 Å². The Bertz CT molecular complexity index is 822. The van der Waals surface area contributed by atoms with Crippen molar-refractivity contribution >= 4 is 17.6 Å². The number of nitro groups is 1. The predicted molar refractivity (Wildman–Crippen MR) is 82.6 cm³/mol. The minimum Gasteiger partial charge on any atom is -0.444 e. The normalized spacial score (nSPS) is 16.9. The number of nitrogens with zero attached hydrogens (tertiary/aromatic N) is 4. The Labute approximate surface area is 144 Å². The standard InChI is InChI=1S/C15H13F3N4O4/c16-15(17,18)12-6-7-20(13-11(22(24)25)8-19-21(12)13)14(23)26-9-10-4-2-1-3-5-10/h1-5,8,12H,6-7,9H2. The largest absolute Gasteiger partial charge is 0.444 e. The second kappa shape index (κ2) is 6.65. The molecule has 26 heavy (non-hydrogen) atoms. The van der Waals surface area contributed by atoms with E-state index in [9.17, 15) is 28.1 Å². The third-order valence-corrected chi connectivity index (χ3v) is 3.93. The number of anilines is 1. The smallest absolute Gasteiger partial charge is 0.416 e. The highest BCUT2D eigenvalue weighted by atomic mass is 19.4. The number of hydrogen-bond donors (Lipinski definition) is 0. The van der Waals surface area contributed by atoms with Crippen LogP contribution >= 0.6 is 0 Å². The minimum absolute atomic E-state index is 0.110. The number of hydrogen-bond acceptors (Lipinski definition) is 5. The number of halogens is 3. The minimum atomic E-state index is -4.64. The number of carbonyl (C=O) groups is 1. The average molecular weight is 370 g/mol. The summed E-state index contributed by atoms with van der Waals surface area (Å²) in [5, 5.41) is 14.6. The van der Waals surface area contributed by atoms with Crippen molar-refractivity contribution in [3.05, 3.63) is 52.2 Å². The topological polar surface area (TPSA) is 90.5 Å². The van der Waals surface area contributed by atoms with Crippen LogP contribution in [0.2, 0.25) is 0 Å². The number of fused-ring (bicyclic) bond motifs is 1. The van der Waals surface area contributed by atoms with Crippen LogP contribution in [-0.2, 0) is 11.3 Å². The molecule has 1 aliphatic heterocycles. The van der Waals surface area contributed by atoms with Crippen molar-refractivity contribution in [2.24, 2.45) is 0 Å². The van der Waals surface area contributed by atoms with Crippen LogP contribution in [0.15, 0.2) is 36.5 Å². The second-order valence-corrected chi connectivity index (χ2v) is 5.59. The molecule has 1 unspecified atom stereocenters. The van der Waals surface area contributed by atoms with Crippen molar-refractivity contribution in [1.82, 2.24) is 9.78 Å². The first-order chi connectivity index (χ1) is 12.3. The van der Waals surface area contributed by atoms with E-state index in [1.807, 2.05) is 0 Å². The fourth-order valence-corrected chi connectivity index (χ4v) is 2.72. The molecule has 0 radical (unpaired) electrons. The van der Waals surface area contributed by atoms with Crippen molar-refractivity contribution in [3.63, 3.8) is 0 Å². The van der Waals surface area contributed by atoms with Gasteiger partial charge in [-0.05, 0) is 12.0 Å². The van der Waals surface area contributed by atoms with Crippen LogP contribution in [-0.4, -0.2) is 33.5 Å². The van der Waals surface area contributed by atoms with Gasteiger partial charge in [0, 0.05) is 6.54 Å². The number of rotatable bonds is 3. The van der Waals surface area contributed by atoms with Crippen molar-refractivity contribution in [2.75, 3.05) is 11.4 Å². The molecule has 0 bridgehead atoms. The maximum absolute atomic E-state index is 13.2. The van der Waals surface area contributed by atoms with Crippen LogP contribution in [0, 0.1) is 10.1 Å². The fourth-order valence-electron chi connectivity index (χ4n) is 2.72. The van der Waals surface area contributed by atoms with E-state index in [4.69, 9.17) is 4.74 Å². The van der Waals surface area contributed by atoms with E-state index in [-0.39, 0.29) is 13.2 Å². The Hall–Kier alpha value is -3.11. The summed E-state index contributed by atoms with van der Waals surface area (Å²) in [4.78, 5) is 23.4. The molecule has 138 valence electrons. The van der Waals surface area contributed by atoms with Gasteiger partial charge in [-0.25, -0.2) is 9.48 Å². The molecule has 2 heterocycles. The van der Waals surface area contributed by atoms with E-state index in [1.54, 1.807) is 30.3 Å². The van der Waals surface area contributed by atoms with Crippen molar-refractivity contribution in [3.8, 4) is 0 Å². The molecular weight excluding hydrogens is 357 g/mol. The summed E-state index contributed by atoms with van der Waals surface area (Å²) in [6.45, 7) is -0.481. The molecule has 0 fully saturated rings. The Balaban J connectivity index is 1.87. The lowest BCUT2D eigenvalue weighted by atomic mass is 10.1. The lowest BCUT2D eigenvalue weighted by molar-refractivity contribution is -0.384. The number of alkyl halides is 3. The number of ether oxygens (including phenoxy) is 1. The summed E-state index contributed by atoms with van der Waals surface area (Å²) in [5.41, 5.74) is -0.00959. The van der Waals surface area contributed by atoms with Crippen molar-refractivity contribution in [1.29, 1.82) is 0 Å². The quantitative estimate of drug-likeness (QED) is 0.610. The number of amides is 1. The summed E-state index contributed by atoms with van der Waals surface area (Å²) >= 11 is 0. The average Bonchev–Trinajstić information content (AvgIpc) is 3.04. The molecule has 1 aromatic heterocycles. The highest BCUT2D eigenvalue weighted by molar-refractivity contribution is 5.89. The monoisotopic (exact) mass is 370 g/mol. The number of carbonyl (C=O) groups excluding carboxylic acids is 1. The van der Waals surface area contributed by atoms with E-state index < -0.39 is 41.2 Å². The molecule has 0 saturated carbocycles. The van der Waals surface area contributed by atoms with Gasteiger partial charge >= 0.3 is 18.0 Å². The number of aromatic nitrogens is 2. The third kappa shape index (κ3) is 3.32. The van der Waals surface area contributed by atoms with Gasteiger partial charge in [-0.2, -0.15) is 18.3 Å². The molecule has 0 N–H and O–H groups in total. The van der Waals surface area contributed by atoms with Gasteiger partial charge in [-0.15, -0.1) is 0 Å². The van der Waals surface area contributed by atoms with Gasteiger partial charge in [0.05, 0.1) is 4.92 Å². The van der Waals surface area contributed by atoms with Crippen LogP contribution < -0.4 is 4.90 Å². The Morgan fingerprint density at radius 3 is 2.65 bits per heavy atom. The van der Waals surface area contributed by atoms with E-state index in [0.717, 1.165) is 4.90 Å². The Morgan fingerprint density at radius 1 is 1.35 bits per heavy atom. The lowest BCUT2D eigenvalue weighted by Gasteiger charge is -2.32. The molecule has 1 aromatic carbocycles. The highest BCUT2D eigenvalue weighted by Crippen LogP contribution is 2.42. The predicted octanol–water partition coefficient (Wildman–Crippen LogP) is 3.44. The Morgan fingerprint density at radius 2 is 2.04 bits per heavy atom. The molecule has 1 amide bonds. The molecule has 0 spiro atoms. The van der Waals surface area contributed by atoms with Crippen molar-refractivity contribution in [2.45, 2.75) is 25.2 Å². The maximum Gasteiger partial charge on any atom is 0.416 e. The van der Waals surface area contributed by atoms with Crippen LogP contribution in [0.4, 0.5) is 29.5 Å². The van der Waals surface area contributed by atoms with Gasteiger partial charge in [0.15, 0.2) is 6.04 Å². The molecule has 3 rings (SSSR count). The van der Waals surface area contributed by atoms with E-state index in [1.165, 1.54) is 0 Å². The zero-order valence-electron chi connectivity index (χ0n) is 13.2. The Kier molecular flexibility index (Phi) is 4.53. The molecule has 0 aliphatic carbocycles. The van der Waals surface area contributed by atoms with Crippen LogP contribution in [0.1, 0.15) is 18.0 Å². The molecule has 0 saturated heterocycles. The van der Waals surface area contributed by atoms with E-state index in [2.05, 4.69) is 5.10 Å². The first-order valence-corrected chi connectivity index (χ1v) is 7.56. The first kappa shape index (κ1) is 17.7. The summed E-state index contributed by atoms with van der Waals surface area (Å²) < 4.78 is 45.0. The number of benzene rings is 1. The lowest BCUT2D eigenvalue weighted by Crippen LogP contribution is -2.43. The van der Waals surface area contributed by atoms with E-state index >= 15 is 0 Å². The molecule has 1 aliphatic rings. The van der Waals surface area contributed by atoms with Crippen molar-refractivity contribution < 1.29 is 27.6 Å². The van der Waals surface area contributed by atoms with Gasteiger partial charge in [-0.3, -0.25) is 15.0 Å². The van der Waals surface area contributed by atoms with Gasteiger partial charge in [0.2, 0.25) is 5.82 Å². The van der Waals surface area contributed by atoms with Crippen LogP contribution in [0.3, 0.4) is 0 Å². The van der Waals surface area contributed by atoms with E-state index in [0.29, 0.717) is 16.4 Å². The summed E-state index contributed by atoms with van der Waals surface area (Å²) in [6.07, 6.45) is -5.39. The van der Waals surface area contributed by atoms with Gasteiger partial charge < -0.3 is 4.74 Å². The second-order valence-electron chi connectivity index (χ2n) is 5.59. The van der Waals surface area contributed by atoms with Crippen LogP contribution in [0.25, 0.3) is 0 Å². The molecular formula is C15H13F3N4O4. The zero-order valence-corrected chi connectivity index (χ0v) is 13.2. The molecule has 11 heteroatoms. The fraction of sp³-hybridized carbons (Fsp3) is 0.333. The third-order valence-electron chi connectivity index (χ3n) is 3.93. The highest BCUT2D eigenvalue weighted by Gasteiger charge is 2.48. The molecule has 2 aromatic rings. The summed E-state index contributed by atoms with van der Waals surface area (Å²) in [5.74, 6) is -0.526. The zero-order chi connectivity index (χ0) is 18.9. The first-order valence-electron chi connectivity index (χ1n) is 7.56.